The zero-order valence-corrected chi connectivity index (χ0v) is 21.1. The molecule has 2 N–H and O–H groups in total. The number of anilines is 1. The summed E-state index contributed by atoms with van der Waals surface area (Å²) in [5.74, 6) is 1.33. The molecular weight excluding hydrogens is 446 g/mol. The lowest BCUT2D eigenvalue weighted by Gasteiger charge is -2.45. The first-order chi connectivity index (χ1) is 16.7. The monoisotopic (exact) mass is 483 g/mol. The summed E-state index contributed by atoms with van der Waals surface area (Å²) in [5, 5.41) is 10.3. The number of hydrogen-bond acceptors (Lipinski definition) is 6. The molecule has 9 nitrogen and oxygen atoms in total. The number of methoxy groups -OCH3 is 1. The van der Waals surface area contributed by atoms with Crippen molar-refractivity contribution in [2.45, 2.75) is 77.5 Å². The highest BCUT2D eigenvalue weighted by atomic mass is 16.6. The average Bonchev–Trinajstić information content (AvgIpc) is 3.14. The van der Waals surface area contributed by atoms with Crippen molar-refractivity contribution in [3.8, 4) is 5.88 Å². The van der Waals surface area contributed by atoms with Gasteiger partial charge in [-0.3, -0.25) is 9.48 Å². The van der Waals surface area contributed by atoms with Crippen LogP contribution in [0.3, 0.4) is 0 Å². The van der Waals surface area contributed by atoms with Gasteiger partial charge in [0.1, 0.15) is 11.6 Å². The molecule has 9 heteroatoms. The number of carbonyl (C=O) groups excluding carboxylic acids is 2. The summed E-state index contributed by atoms with van der Waals surface area (Å²) < 4.78 is 12.6. The second-order valence-electron chi connectivity index (χ2n) is 10.7. The Hall–Kier alpha value is -3.10. The molecule has 2 fully saturated rings. The van der Waals surface area contributed by atoms with Gasteiger partial charge >= 0.3 is 6.09 Å². The van der Waals surface area contributed by atoms with Crippen LogP contribution in [0.15, 0.2) is 30.7 Å². The van der Waals surface area contributed by atoms with E-state index in [4.69, 9.17) is 9.47 Å². The Morgan fingerprint density at radius 2 is 1.86 bits per heavy atom. The molecule has 190 valence electrons. The Labute approximate surface area is 207 Å². The third kappa shape index (κ3) is 6.32. The van der Waals surface area contributed by atoms with Crippen molar-refractivity contribution in [1.29, 1.82) is 0 Å². The molecule has 2 aromatic rings. The highest BCUT2D eigenvalue weighted by molar-refractivity contribution is 5.96. The SMILES string of the molecule is COc1ncccc1Cn1cc(NC(=O)C(NC(=O)OC(C)(C)C)C(C2CCC2)C2CCC2)cn1. The average molecular weight is 484 g/mol. The van der Waals surface area contributed by atoms with E-state index in [0.29, 0.717) is 29.9 Å². The number of aromatic nitrogens is 3. The fraction of sp³-hybridized carbons (Fsp3) is 0.615. The Bertz CT molecular complexity index is 1010. The van der Waals surface area contributed by atoms with Crippen molar-refractivity contribution in [1.82, 2.24) is 20.1 Å². The van der Waals surface area contributed by atoms with Crippen LogP contribution in [0.1, 0.15) is 64.9 Å². The van der Waals surface area contributed by atoms with Crippen LogP contribution in [0.5, 0.6) is 5.88 Å². The second kappa shape index (κ2) is 10.7. The molecule has 0 spiro atoms. The fourth-order valence-corrected chi connectivity index (χ4v) is 4.99. The molecule has 2 saturated carbocycles. The van der Waals surface area contributed by atoms with Gasteiger partial charge in [0.05, 0.1) is 25.5 Å². The van der Waals surface area contributed by atoms with E-state index >= 15 is 0 Å². The summed E-state index contributed by atoms with van der Waals surface area (Å²) in [6, 6.07) is 3.12. The lowest BCUT2D eigenvalue weighted by molar-refractivity contribution is -0.122. The highest BCUT2D eigenvalue weighted by Gasteiger charge is 2.44. The Balaban J connectivity index is 1.49. The molecule has 0 radical (unpaired) electrons. The van der Waals surface area contributed by atoms with E-state index in [0.717, 1.165) is 31.2 Å². The van der Waals surface area contributed by atoms with Gasteiger partial charge in [0.15, 0.2) is 0 Å². The van der Waals surface area contributed by atoms with Crippen LogP contribution >= 0.6 is 0 Å². The predicted molar refractivity (Wildman–Crippen MR) is 132 cm³/mol. The van der Waals surface area contributed by atoms with Crippen LogP contribution in [0.2, 0.25) is 0 Å². The van der Waals surface area contributed by atoms with E-state index < -0.39 is 17.7 Å². The molecule has 0 aliphatic heterocycles. The third-order valence-corrected chi connectivity index (χ3v) is 7.00. The number of carbonyl (C=O) groups is 2. The molecule has 1 unspecified atom stereocenters. The van der Waals surface area contributed by atoms with E-state index in [1.54, 1.807) is 30.4 Å². The topological polar surface area (TPSA) is 107 Å². The summed E-state index contributed by atoms with van der Waals surface area (Å²) >= 11 is 0. The number of nitrogens with one attached hydrogen (secondary N) is 2. The van der Waals surface area contributed by atoms with Crippen LogP contribution in [0.4, 0.5) is 10.5 Å². The molecule has 2 aliphatic carbocycles. The van der Waals surface area contributed by atoms with E-state index in [-0.39, 0.29) is 11.8 Å². The molecule has 1 atom stereocenters. The summed E-state index contributed by atoms with van der Waals surface area (Å²) in [7, 11) is 1.58. The van der Waals surface area contributed by atoms with Gasteiger partial charge in [0.25, 0.3) is 0 Å². The first-order valence-electron chi connectivity index (χ1n) is 12.5. The van der Waals surface area contributed by atoms with Crippen molar-refractivity contribution < 1.29 is 19.1 Å². The number of rotatable bonds is 9. The molecule has 35 heavy (non-hydrogen) atoms. The van der Waals surface area contributed by atoms with Gasteiger partial charge in [-0.1, -0.05) is 44.6 Å². The van der Waals surface area contributed by atoms with Crippen molar-refractivity contribution in [2.24, 2.45) is 17.8 Å². The van der Waals surface area contributed by atoms with Crippen LogP contribution < -0.4 is 15.4 Å². The normalized spacial score (nSPS) is 17.3. The van der Waals surface area contributed by atoms with Crippen molar-refractivity contribution in [3.05, 3.63) is 36.3 Å². The minimum Gasteiger partial charge on any atom is -0.481 e. The smallest absolute Gasteiger partial charge is 0.408 e. The number of ether oxygens (including phenoxy) is 2. The van der Waals surface area contributed by atoms with Crippen molar-refractivity contribution in [2.75, 3.05) is 12.4 Å². The van der Waals surface area contributed by atoms with Gasteiger partial charge in [-0.2, -0.15) is 5.10 Å². The summed E-state index contributed by atoms with van der Waals surface area (Å²) in [5.41, 5.74) is 0.826. The maximum absolute atomic E-state index is 13.6. The zero-order chi connectivity index (χ0) is 25.0. The van der Waals surface area contributed by atoms with Gasteiger partial charge in [-0.25, -0.2) is 9.78 Å². The molecule has 2 aromatic heterocycles. The van der Waals surface area contributed by atoms with E-state index in [1.165, 1.54) is 12.8 Å². The van der Waals surface area contributed by atoms with Crippen molar-refractivity contribution in [3.63, 3.8) is 0 Å². The molecule has 2 amide bonds. The van der Waals surface area contributed by atoms with E-state index in [9.17, 15) is 9.59 Å². The summed E-state index contributed by atoms with van der Waals surface area (Å²) in [6.45, 7) is 5.92. The maximum Gasteiger partial charge on any atom is 0.408 e. The van der Waals surface area contributed by atoms with Gasteiger partial charge in [0, 0.05) is 18.0 Å². The first-order valence-corrected chi connectivity index (χ1v) is 12.5. The molecule has 0 saturated heterocycles. The number of amides is 2. The quantitative estimate of drug-likeness (QED) is 0.548. The predicted octanol–water partition coefficient (Wildman–Crippen LogP) is 4.38. The number of nitrogens with zero attached hydrogens (tertiary/aromatic N) is 3. The van der Waals surface area contributed by atoms with Gasteiger partial charge in [-0.05, 0) is 44.6 Å². The molecule has 2 aliphatic rings. The lowest BCUT2D eigenvalue weighted by atomic mass is 9.62. The van der Waals surface area contributed by atoms with Gasteiger partial charge in [0.2, 0.25) is 11.8 Å². The van der Waals surface area contributed by atoms with Crippen LogP contribution in [-0.2, 0) is 16.1 Å². The standard InChI is InChI=1S/C26H37N5O4/c1-26(2,3)35-25(33)30-22(21(17-8-5-9-17)18-10-6-11-18)23(32)29-20-14-28-31(16-20)15-19-12-7-13-27-24(19)34-4/h7,12-14,16-18,21-22H,5-6,8-11,15H2,1-4H3,(H,29,32)(H,30,33). The van der Waals surface area contributed by atoms with E-state index in [1.807, 2.05) is 32.9 Å². The summed E-state index contributed by atoms with van der Waals surface area (Å²) in [4.78, 5) is 30.5. The number of hydrogen-bond donors (Lipinski definition) is 2. The van der Waals surface area contributed by atoms with Crippen molar-refractivity contribution >= 4 is 17.7 Å². The third-order valence-electron chi connectivity index (χ3n) is 7.00. The molecular formula is C26H37N5O4. The summed E-state index contributed by atoms with van der Waals surface area (Å²) in [6.07, 6.45) is 11.3. The number of pyridine rings is 1. The molecule has 0 aromatic carbocycles. The largest absolute Gasteiger partial charge is 0.481 e. The Morgan fingerprint density at radius 1 is 1.17 bits per heavy atom. The molecule has 0 bridgehead atoms. The highest BCUT2D eigenvalue weighted by Crippen LogP contribution is 2.46. The molecule has 2 heterocycles. The van der Waals surface area contributed by atoms with Crippen LogP contribution in [0.25, 0.3) is 0 Å². The first kappa shape index (κ1) is 25.0. The number of alkyl carbamates (subject to hydrolysis) is 1. The zero-order valence-electron chi connectivity index (χ0n) is 21.1. The Morgan fingerprint density at radius 3 is 2.43 bits per heavy atom. The van der Waals surface area contributed by atoms with Crippen LogP contribution in [-0.4, -0.2) is 45.5 Å². The van der Waals surface area contributed by atoms with Crippen LogP contribution in [0, 0.1) is 17.8 Å². The second-order valence-corrected chi connectivity index (χ2v) is 10.7. The van der Waals surface area contributed by atoms with Gasteiger partial charge < -0.3 is 20.1 Å². The maximum atomic E-state index is 13.6. The van der Waals surface area contributed by atoms with E-state index in [2.05, 4.69) is 20.7 Å². The minimum absolute atomic E-state index is 0.111. The van der Waals surface area contributed by atoms with Gasteiger partial charge in [-0.15, -0.1) is 0 Å². The Kier molecular flexibility index (Phi) is 7.62. The fourth-order valence-electron chi connectivity index (χ4n) is 4.99. The molecule has 4 rings (SSSR count). The lowest BCUT2D eigenvalue weighted by Crippen LogP contribution is -2.55. The minimum atomic E-state index is -0.651.